The Bertz CT molecular complexity index is 110. The second kappa shape index (κ2) is 6.38. The first-order valence-corrected chi connectivity index (χ1v) is 4.26. The highest BCUT2D eigenvalue weighted by atomic mass is 15.1. The summed E-state index contributed by atoms with van der Waals surface area (Å²) in [6.07, 6.45) is 2.15. The van der Waals surface area contributed by atoms with Gasteiger partial charge in [0.05, 0.1) is 0 Å². The number of nitrogens with two attached hydrogens (primary N) is 1. The number of nitrogens with zero attached hydrogens (tertiary/aromatic N) is 1. The van der Waals surface area contributed by atoms with Crippen LogP contribution in [0.15, 0.2) is 12.2 Å². The molecule has 0 aliphatic carbocycles. The van der Waals surface area contributed by atoms with Gasteiger partial charge in [-0.2, -0.15) is 0 Å². The quantitative estimate of drug-likeness (QED) is 0.586. The Balaban J connectivity index is 3.35. The molecule has 0 radical (unpaired) electrons. The molecule has 0 atom stereocenters. The van der Waals surface area contributed by atoms with Crippen LogP contribution in [0.3, 0.4) is 0 Å². The number of likely N-dealkylation sites (N-methyl/N-ethyl adjacent to an activating group) is 1. The Morgan fingerprint density at radius 3 is 2.64 bits per heavy atom. The van der Waals surface area contributed by atoms with E-state index in [1.165, 1.54) is 5.57 Å². The minimum Gasteiger partial charge on any atom is -0.330 e. The molecule has 0 saturated heterocycles. The van der Waals surface area contributed by atoms with Gasteiger partial charge < -0.3 is 10.6 Å². The van der Waals surface area contributed by atoms with Crippen molar-refractivity contribution >= 4 is 0 Å². The van der Waals surface area contributed by atoms with Gasteiger partial charge in [-0.3, -0.25) is 0 Å². The zero-order valence-corrected chi connectivity index (χ0v) is 7.77. The molecule has 0 bridgehead atoms. The fourth-order valence-electron chi connectivity index (χ4n) is 0.934. The van der Waals surface area contributed by atoms with Crippen LogP contribution in [-0.4, -0.2) is 31.6 Å². The molecule has 11 heavy (non-hydrogen) atoms. The predicted octanol–water partition coefficient (Wildman–Crippen LogP) is 1.23. The standard InChI is InChI=1S/C9H20N2/c1-4-9(2)8-11(3)7-5-6-10/h2,4-8,10H2,1,3H3. The maximum Gasteiger partial charge on any atom is 0.0187 e. The predicted molar refractivity (Wildman–Crippen MR) is 50.6 cm³/mol. The lowest BCUT2D eigenvalue weighted by molar-refractivity contribution is 0.356. The van der Waals surface area contributed by atoms with Crippen LogP contribution in [0.4, 0.5) is 0 Å². The van der Waals surface area contributed by atoms with E-state index in [9.17, 15) is 0 Å². The van der Waals surface area contributed by atoms with Crippen LogP contribution in [0.2, 0.25) is 0 Å². The highest BCUT2D eigenvalue weighted by Crippen LogP contribution is 1.98. The van der Waals surface area contributed by atoms with Crippen molar-refractivity contribution in [3.63, 3.8) is 0 Å². The normalized spacial score (nSPS) is 10.5. The van der Waals surface area contributed by atoms with Gasteiger partial charge in [0.2, 0.25) is 0 Å². The molecule has 0 aromatic heterocycles. The minimum absolute atomic E-state index is 0.781. The molecule has 0 aliphatic rings. The third-order valence-electron chi connectivity index (χ3n) is 1.74. The van der Waals surface area contributed by atoms with E-state index >= 15 is 0 Å². The third kappa shape index (κ3) is 6.07. The monoisotopic (exact) mass is 156 g/mol. The van der Waals surface area contributed by atoms with Crippen LogP contribution in [0.5, 0.6) is 0 Å². The zero-order valence-electron chi connectivity index (χ0n) is 7.77. The molecule has 0 amide bonds. The zero-order chi connectivity index (χ0) is 8.69. The molecule has 2 nitrogen and oxygen atoms in total. The topological polar surface area (TPSA) is 29.3 Å². The highest BCUT2D eigenvalue weighted by molar-refractivity contribution is 4.95. The van der Waals surface area contributed by atoms with Crippen LogP contribution >= 0.6 is 0 Å². The van der Waals surface area contributed by atoms with E-state index in [2.05, 4.69) is 25.5 Å². The van der Waals surface area contributed by atoms with Gasteiger partial charge in [-0.1, -0.05) is 19.1 Å². The van der Waals surface area contributed by atoms with E-state index in [-0.39, 0.29) is 0 Å². The summed E-state index contributed by atoms with van der Waals surface area (Å²) < 4.78 is 0. The summed E-state index contributed by atoms with van der Waals surface area (Å²) in [7, 11) is 2.11. The van der Waals surface area contributed by atoms with Gasteiger partial charge in [0.15, 0.2) is 0 Å². The van der Waals surface area contributed by atoms with E-state index < -0.39 is 0 Å². The second-order valence-corrected chi connectivity index (χ2v) is 2.98. The van der Waals surface area contributed by atoms with Gasteiger partial charge >= 0.3 is 0 Å². The minimum atomic E-state index is 0.781. The molecule has 0 saturated carbocycles. The molecule has 0 rings (SSSR count). The molecule has 2 heteroatoms. The van der Waals surface area contributed by atoms with Gasteiger partial charge in [0, 0.05) is 6.54 Å². The summed E-state index contributed by atoms with van der Waals surface area (Å²) in [6.45, 7) is 8.96. The van der Waals surface area contributed by atoms with Crippen molar-refractivity contribution in [2.24, 2.45) is 5.73 Å². The van der Waals surface area contributed by atoms with Crippen molar-refractivity contribution in [1.29, 1.82) is 0 Å². The fraction of sp³-hybridized carbons (Fsp3) is 0.778. The van der Waals surface area contributed by atoms with E-state index in [4.69, 9.17) is 5.73 Å². The summed E-state index contributed by atoms with van der Waals surface area (Å²) in [4.78, 5) is 2.26. The molecule has 2 N–H and O–H groups in total. The first kappa shape index (κ1) is 10.7. The Labute approximate surface area is 70.1 Å². The van der Waals surface area contributed by atoms with E-state index in [1.807, 2.05) is 0 Å². The molecular formula is C9H20N2. The first-order chi connectivity index (χ1) is 5.20. The van der Waals surface area contributed by atoms with Crippen molar-refractivity contribution in [1.82, 2.24) is 4.90 Å². The summed E-state index contributed by atoms with van der Waals surface area (Å²) in [5.74, 6) is 0. The molecule has 0 aromatic rings. The average molecular weight is 156 g/mol. The first-order valence-electron chi connectivity index (χ1n) is 4.26. The Kier molecular flexibility index (Phi) is 6.18. The molecule has 66 valence electrons. The molecule has 0 unspecified atom stereocenters. The summed E-state index contributed by atoms with van der Waals surface area (Å²) in [6, 6.07) is 0. The van der Waals surface area contributed by atoms with E-state index in [0.29, 0.717) is 0 Å². The second-order valence-electron chi connectivity index (χ2n) is 2.98. The molecule has 0 heterocycles. The van der Waals surface area contributed by atoms with Gasteiger partial charge in [-0.05, 0) is 33.0 Å². The Morgan fingerprint density at radius 2 is 2.18 bits per heavy atom. The Morgan fingerprint density at radius 1 is 1.55 bits per heavy atom. The highest BCUT2D eigenvalue weighted by Gasteiger charge is 1.97. The molecular weight excluding hydrogens is 136 g/mol. The van der Waals surface area contributed by atoms with Gasteiger partial charge in [-0.25, -0.2) is 0 Å². The number of rotatable bonds is 6. The van der Waals surface area contributed by atoms with E-state index in [1.54, 1.807) is 0 Å². The smallest absolute Gasteiger partial charge is 0.0187 e. The van der Waals surface area contributed by atoms with Crippen LogP contribution in [-0.2, 0) is 0 Å². The molecule has 0 aliphatic heterocycles. The largest absolute Gasteiger partial charge is 0.330 e. The maximum absolute atomic E-state index is 5.39. The van der Waals surface area contributed by atoms with Crippen molar-refractivity contribution in [3.8, 4) is 0 Å². The van der Waals surface area contributed by atoms with Crippen LogP contribution in [0.1, 0.15) is 19.8 Å². The number of hydrogen-bond acceptors (Lipinski definition) is 2. The lowest BCUT2D eigenvalue weighted by Crippen LogP contribution is -2.23. The SMILES string of the molecule is C=C(CC)CN(C)CCCN. The van der Waals surface area contributed by atoms with Crippen molar-refractivity contribution in [3.05, 3.63) is 12.2 Å². The molecule has 0 spiro atoms. The van der Waals surface area contributed by atoms with Crippen molar-refractivity contribution < 1.29 is 0 Å². The van der Waals surface area contributed by atoms with Gasteiger partial charge in [-0.15, -0.1) is 0 Å². The lowest BCUT2D eigenvalue weighted by atomic mass is 10.2. The van der Waals surface area contributed by atoms with Crippen LogP contribution in [0, 0.1) is 0 Å². The van der Waals surface area contributed by atoms with Crippen molar-refractivity contribution in [2.45, 2.75) is 19.8 Å². The van der Waals surface area contributed by atoms with Crippen LogP contribution < -0.4 is 5.73 Å². The maximum atomic E-state index is 5.39. The summed E-state index contributed by atoms with van der Waals surface area (Å²) in [5.41, 5.74) is 6.69. The average Bonchev–Trinajstić information content (AvgIpc) is 2.00. The lowest BCUT2D eigenvalue weighted by Gasteiger charge is -2.16. The summed E-state index contributed by atoms with van der Waals surface area (Å²) in [5, 5.41) is 0. The van der Waals surface area contributed by atoms with Gasteiger partial charge in [0.1, 0.15) is 0 Å². The summed E-state index contributed by atoms with van der Waals surface area (Å²) >= 11 is 0. The van der Waals surface area contributed by atoms with Crippen LogP contribution in [0.25, 0.3) is 0 Å². The van der Waals surface area contributed by atoms with Crippen molar-refractivity contribution in [2.75, 3.05) is 26.7 Å². The molecule has 0 aromatic carbocycles. The Hall–Kier alpha value is -0.340. The number of hydrogen-bond donors (Lipinski definition) is 1. The fourth-order valence-corrected chi connectivity index (χ4v) is 0.934. The molecule has 0 fully saturated rings. The van der Waals surface area contributed by atoms with Gasteiger partial charge in [0.25, 0.3) is 0 Å². The third-order valence-corrected chi connectivity index (χ3v) is 1.74. The van der Waals surface area contributed by atoms with E-state index in [0.717, 1.165) is 32.5 Å².